The third-order valence-corrected chi connectivity index (χ3v) is 8.32. The summed E-state index contributed by atoms with van der Waals surface area (Å²) in [5.41, 5.74) is 1.05. The molecule has 0 radical (unpaired) electrons. The number of fused-ring (bicyclic) bond motifs is 1. The zero-order chi connectivity index (χ0) is 28.0. The van der Waals surface area contributed by atoms with E-state index in [1.165, 1.54) is 11.4 Å². The van der Waals surface area contributed by atoms with Gasteiger partial charge < -0.3 is 25.4 Å². The van der Waals surface area contributed by atoms with Crippen molar-refractivity contribution in [2.75, 3.05) is 32.1 Å². The number of rotatable bonds is 8. The van der Waals surface area contributed by atoms with Crippen LogP contribution >= 0.6 is 0 Å². The Morgan fingerprint density at radius 1 is 1.18 bits per heavy atom. The third-order valence-electron chi connectivity index (χ3n) is 6.48. The molecular weight excluding hydrogens is 508 g/mol. The average Bonchev–Trinajstić information content (AvgIpc) is 2.91. The van der Waals surface area contributed by atoms with E-state index in [0.29, 0.717) is 17.0 Å². The highest BCUT2D eigenvalue weighted by Gasteiger charge is 2.33. The van der Waals surface area contributed by atoms with Crippen LogP contribution in [-0.4, -0.2) is 79.6 Å². The maximum absolute atomic E-state index is 13.3. The molecule has 2 aromatic carbocycles. The van der Waals surface area contributed by atoms with Crippen molar-refractivity contribution in [3.8, 4) is 5.75 Å². The number of urea groups is 1. The Hall–Kier alpha value is -3.15. The van der Waals surface area contributed by atoms with Crippen LogP contribution in [0.1, 0.15) is 33.3 Å². The zero-order valence-electron chi connectivity index (χ0n) is 22.5. The number of carbonyl (C=O) groups is 2. The summed E-state index contributed by atoms with van der Waals surface area (Å²) in [6.07, 6.45) is -0.599. The van der Waals surface area contributed by atoms with Gasteiger partial charge in [-0.1, -0.05) is 25.1 Å². The molecule has 3 atom stereocenters. The number of aliphatic hydroxyl groups is 1. The van der Waals surface area contributed by atoms with Gasteiger partial charge in [-0.2, -0.15) is 4.31 Å². The fourth-order valence-electron chi connectivity index (χ4n) is 4.28. The highest BCUT2D eigenvalue weighted by molar-refractivity contribution is 7.89. The van der Waals surface area contributed by atoms with Crippen LogP contribution in [-0.2, 0) is 21.2 Å². The normalized spacial score (nSPS) is 19.2. The topological polar surface area (TPSA) is 128 Å². The number of sulfonamides is 1. The van der Waals surface area contributed by atoms with Gasteiger partial charge in [0, 0.05) is 36.8 Å². The molecule has 10 nitrogen and oxygen atoms in total. The Morgan fingerprint density at radius 3 is 2.50 bits per heavy atom. The molecule has 3 amide bonds. The molecule has 0 saturated heterocycles. The highest BCUT2D eigenvalue weighted by Crippen LogP contribution is 2.30. The lowest BCUT2D eigenvalue weighted by Crippen LogP contribution is -2.48. The summed E-state index contributed by atoms with van der Waals surface area (Å²) in [5.74, 6) is -0.0195. The van der Waals surface area contributed by atoms with Crippen LogP contribution in [0.15, 0.2) is 53.4 Å². The number of ether oxygens (including phenoxy) is 1. The number of aliphatic hydroxyl groups excluding tert-OH is 1. The second-order valence-corrected chi connectivity index (χ2v) is 12.1. The van der Waals surface area contributed by atoms with Gasteiger partial charge in [-0.15, -0.1) is 0 Å². The third kappa shape index (κ3) is 7.24. The van der Waals surface area contributed by atoms with Gasteiger partial charge in [-0.05, 0) is 51.1 Å². The molecule has 3 N–H and O–H groups in total. The zero-order valence-corrected chi connectivity index (χ0v) is 23.4. The van der Waals surface area contributed by atoms with E-state index in [0.717, 1.165) is 0 Å². The minimum Gasteiger partial charge on any atom is -0.488 e. The summed E-state index contributed by atoms with van der Waals surface area (Å²) in [6.45, 7) is 7.47. The minimum absolute atomic E-state index is 0.00140. The fourth-order valence-corrected chi connectivity index (χ4v) is 5.48. The minimum atomic E-state index is -3.77. The number of likely N-dealkylation sites (N-methyl/N-ethyl adjacent to an activating group) is 1. The van der Waals surface area contributed by atoms with Gasteiger partial charge >= 0.3 is 6.03 Å². The van der Waals surface area contributed by atoms with Crippen LogP contribution in [0, 0.1) is 5.92 Å². The van der Waals surface area contributed by atoms with E-state index < -0.39 is 22.2 Å². The van der Waals surface area contributed by atoms with Crippen LogP contribution in [0.3, 0.4) is 0 Å². The van der Waals surface area contributed by atoms with Crippen molar-refractivity contribution < 1.29 is 27.9 Å². The first-order valence-corrected chi connectivity index (χ1v) is 14.1. The van der Waals surface area contributed by atoms with Crippen molar-refractivity contribution in [3.05, 3.63) is 54.1 Å². The summed E-state index contributed by atoms with van der Waals surface area (Å²) in [7, 11) is -2.26. The van der Waals surface area contributed by atoms with Crippen LogP contribution < -0.4 is 15.4 Å². The largest absolute Gasteiger partial charge is 0.488 e. The first kappa shape index (κ1) is 29.4. The van der Waals surface area contributed by atoms with E-state index in [-0.39, 0.29) is 54.9 Å². The second-order valence-electron chi connectivity index (χ2n) is 10.1. The predicted octanol–water partition coefficient (Wildman–Crippen LogP) is 2.69. The van der Waals surface area contributed by atoms with E-state index in [9.17, 15) is 23.1 Å². The molecule has 0 aliphatic carbocycles. The predicted molar refractivity (Wildman–Crippen MR) is 146 cm³/mol. The number of hydrogen-bond donors (Lipinski definition) is 3. The van der Waals surface area contributed by atoms with Gasteiger partial charge in [0.1, 0.15) is 11.9 Å². The van der Waals surface area contributed by atoms with Crippen molar-refractivity contribution in [1.29, 1.82) is 0 Å². The van der Waals surface area contributed by atoms with Gasteiger partial charge in [-0.3, -0.25) is 4.79 Å². The van der Waals surface area contributed by atoms with Crippen molar-refractivity contribution in [1.82, 2.24) is 14.5 Å². The molecule has 0 spiro atoms. The van der Waals surface area contributed by atoms with Crippen LogP contribution in [0.5, 0.6) is 5.75 Å². The number of anilines is 1. The van der Waals surface area contributed by atoms with Gasteiger partial charge in [0.2, 0.25) is 15.9 Å². The molecule has 0 fully saturated rings. The molecule has 3 rings (SSSR count). The van der Waals surface area contributed by atoms with E-state index in [1.807, 2.05) is 20.8 Å². The van der Waals surface area contributed by atoms with Crippen LogP contribution in [0.25, 0.3) is 0 Å². The number of amides is 3. The van der Waals surface area contributed by atoms with Crippen molar-refractivity contribution in [2.45, 2.75) is 57.2 Å². The highest BCUT2D eigenvalue weighted by atomic mass is 32.2. The van der Waals surface area contributed by atoms with Crippen molar-refractivity contribution in [3.63, 3.8) is 0 Å². The first-order valence-electron chi connectivity index (χ1n) is 12.7. The maximum Gasteiger partial charge on any atom is 0.319 e. The van der Waals surface area contributed by atoms with Gasteiger partial charge in [0.25, 0.3) is 0 Å². The monoisotopic (exact) mass is 546 g/mol. The molecule has 2 aromatic rings. The van der Waals surface area contributed by atoms with Gasteiger partial charge in [0.15, 0.2) is 0 Å². The summed E-state index contributed by atoms with van der Waals surface area (Å²) in [6, 6.07) is 12.4. The Balaban J connectivity index is 1.95. The maximum atomic E-state index is 13.3. The molecule has 0 bridgehead atoms. The standard InChI is InChI=1S/C27H38N4O6S/c1-18(2)28-27(34)29-22-11-12-24-21(13-22)14-26(33)31(20(4)17-32)15-19(3)25(37-24)16-30(5)38(35,36)23-9-7-6-8-10-23/h6-13,18-20,25,32H,14-17H2,1-5H3,(H2,28,29,34)/t19-,20-,25-/m1/s1. The lowest BCUT2D eigenvalue weighted by Gasteiger charge is -2.33. The number of nitrogens with one attached hydrogen (secondary N) is 2. The first-order chi connectivity index (χ1) is 17.9. The molecule has 0 saturated carbocycles. The van der Waals surface area contributed by atoms with Gasteiger partial charge in [0.05, 0.1) is 30.5 Å². The SMILES string of the molecule is CC(C)NC(=O)Nc1ccc2c(c1)CC(=O)N([C@H](C)CO)C[C@@H](C)[C@@H](CN(C)S(=O)(=O)c1ccccc1)O2. The Kier molecular flexibility index (Phi) is 9.75. The van der Waals surface area contributed by atoms with E-state index in [4.69, 9.17) is 4.74 Å². The van der Waals surface area contributed by atoms with E-state index >= 15 is 0 Å². The number of benzene rings is 2. The Labute approximate surface area is 225 Å². The van der Waals surface area contributed by atoms with E-state index in [2.05, 4.69) is 10.6 Å². The summed E-state index contributed by atoms with van der Waals surface area (Å²) < 4.78 is 34.1. The summed E-state index contributed by atoms with van der Waals surface area (Å²) >= 11 is 0. The summed E-state index contributed by atoms with van der Waals surface area (Å²) in [5, 5.41) is 15.3. The van der Waals surface area contributed by atoms with Gasteiger partial charge in [-0.25, -0.2) is 13.2 Å². The molecule has 0 aromatic heterocycles. The number of hydrogen-bond acceptors (Lipinski definition) is 6. The number of nitrogens with zero attached hydrogens (tertiary/aromatic N) is 2. The number of carbonyl (C=O) groups excluding carboxylic acids is 2. The average molecular weight is 547 g/mol. The van der Waals surface area contributed by atoms with E-state index in [1.54, 1.807) is 60.4 Å². The van der Waals surface area contributed by atoms with Crippen LogP contribution in [0.4, 0.5) is 10.5 Å². The molecule has 11 heteroatoms. The van der Waals surface area contributed by atoms with Crippen molar-refractivity contribution in [2.24, 2.45) is 5.92 Å². The molecule has 0 unspecified atom stereocenters. The fraction of sp³-hybridized carbons (Fsp3) is 0.481. The molecule has 38 heavy (non-hydrogen) atoms. The Morgan fingerprint density at radius 2 is 1.87 bits per heavy atom. The quantitative estimate of drug-likeness (QED) is 0.467. The Bertz CT molecular complexity index is 1220. The molecular formula is C27H38N4O6S. The van der Waals surface area contributed by atoms with Crippen molar-refractivity contribution >= 4 is 27.6 Å². The molecule has 1 aliphatic heterocycles. The molecule has 1 heterocycles. The molecule has 1 aliphatic rings. The summed E-state index contributed by atoms with van der Waals surface area (Å²) in [4.78, 5) is 27.3. The lowest BCUT2D eigenvalue weighted by atomic mass is 10.0. The smallest absolute Gasteiger partial charge is 0.319 e. The molecule has 208 valence electrons. The lowest BCUT2D eigenvalue weighted by molar-refractivity contribution is -0.134. The second kappa shape index (κ2) is 12.6. The van der Waals surface area contributed by atoms with Crippen LogP contribution in [0.2, 0.25) is 0 Å².